The SMILES string of the molecule is CC(C)CC(NC(=O)c1ccc(NS(=O)(=O)c2ccccc2)cc1)C(=O)N[C@@H]1C(=O)CO[C@@H]1C. The molecule has 3 atom stereocenters. The Kier molecular flexibility index (Phi) is 8.06. The molecule has 1 aliphatic heterocycles. The van der Waals surface area contributed by atoms with E-state index in [0.717, 1.165) is 0 Å². The van der Waals surface area contributed by atoms with Crippen LogP contribution in [0.1, 0.15) is 37.6 Å². The molecule has 0 spiro atoms. The van der Waals surface area contributed by atoms with Gasteiger partial charge in [0.15, 0.2) is 5.78 Å². The van der Waals surface area contributed by atoms with E-state index in [2.05, 4.69) is 15.4 Å². The average Bonchev–Trinajstić information content (AvgIpc) is 3.11. The van der Waals surface area contributed by atoms with Gasteiger partial charge >= 0.3 is 0 Å². The van der Waals surface area contributed by atoms with E-state index in [4.69, 9.17) is 4.74 Å². The number of Topliss-reactive ketones (excluding diaryl/α,β-unsaturated/α-hetero) is 1. The number of carbonyl (C=O) groups excluding carboxylic acids is 3. The summed E-state index contributed by atoms with van der Waals surface area (Å²) in [6.45, 7) is 5.51. The van der Waals surface area contributed by atoms with Crippen LogP contribution >= 0.6 is 0 Å². The van der Waals surface area contributed by atoms with Gasteiger partial charge in [-0.3, -0.25) is 19.1 Å². The Morgan fingerprint density at radius 1 is 1.06 bits per heavy atom. The van der Waals surface area contributed by atoms with E-state index in [1.807, 2.05) is 13.8 Å². The zero-order valence-electron chi connectivity index (χ0n) is 19.3. The van der Waals surface area contributed by atoms with Crippen LogP contribution in [0.25, 0.3) is 0 Å². The van der Waals surface area contributed by atoms with E-state index in [1.54, 1.807) is 25.1 Å². The first-order valence-electron chi connectivity index (χ1n) is 11.0. The van der Waals surface area contributed by atoms with Crippen LogP contribution in [0.3, 0.4) is 0 Å². The molecule has 1 fully saturated rings. The van der Waals surface area contributed by atoms with E-state index >= 15 is 0 Å². The molecular weight excluding hydrogens is 458 g/mol. The molecular formula is C24H29N3O6S. The molecule has 1 aliphatic rings. The predicted octanol–water partition coefficient (Wildman–Crippen LogP) is 2.10. The molecule has 0 saturated carbocycles. The third kappa shape index (κ3) is 6.42. The van der Waals surface area contributed by atoms with Crippen molar-refractivity contribution in [1.82, 2.24) is 10.6 Å². The quantitative estimate of drug-likeness (QED) is 0.497. The number of rotatable bonds is 9. The van der Waals surface area contributed by atoms with Gasteiger partial charge in [0.2, 0.25) is 5.91 Å². The normalized spacial score (nSPS) is 19.0. The summed E-state index contributed by atoms with van der Waals surface area (Å²) in [5, 5.41) is 5.41. The van der Waals surface area contributed by atoms with Gasteiger partial charge in [-0.25, -0.2) is 8.42 Å². The maximum atomic E-state index is 12.8. The zero-order valence-corrected chi connectivity index (χ0v) is 20.1. The minimum Gasteiger partial charge on any atom is -0.368 e. The molecule has 1 unspecified atom stereocenters. The summed E-state index contributed by atoms with van der Waals surface area (Å²) in [7, 11) is -3.75. The zero-order chi connectivity index (χ0) is 24.9. The Hall–Kier alpha value is -3.24. The van der Waals surface area contributed by atoms with E-state index < -0.39 is 40.0 Å². The van der Waals surface area contributed by atoms with Crippen molar-refractivity contribution in [1.29, 1.82) is 0 Å². The maximum absolute atomic E-state index is 12.8. The van der Waals surface area contributed by atoms with Crippen molar-refractivity contribution in [3.05, 3.63) is 60.2 Å². The predicted molar refractivity (Wildman–Crippen MR) is 127 cm³/mol. The summed E-state index contributed by atoms with van der Waals surface area (Å²) in [5.41, 5.74) is 0.559. The Balaban J connectivity index is 1.67. The Morgan fingerprint density at radius 3 is 2.26 bits per heavy atom. The average molecular weight is 488 g/mol. The standard InChI is InChI=1S/C24H29N3O6S/c1-15(2)13-20(24(30)26-22-16(3)33-14-21(22)28)25-23(29)17-9-11-18(12-10-17)27-34(31,32)19-7-5-4-6-8-19/h4-12,15-16,20,22,27H,13-14H2,1-3H3,(H,25,29)(H,26,30)/t16-,20?,22+/m1/s1. The largest absolute Gasteiger partial charge is 0.368 e. The third-order valence-corrected chi connectivity index (χ3v) is 6.78. The number of hydrogen-bond acceptors (Lipinski definition) is 6. The van der Waals surface area contributed by atoms with Gasteiger partial charge in [0.05, 0.1) is 11.0 Å². The molecule has 0 aliphatic carbocycles. The van der Waals surface area contributed by atoms with Crippen LogP contribution in [0.5, 0.6) is 0 Å². The number of amides is 2. The number of nitrogens with one attached hydrogen (secondary N) is 3. The topological polar surface area (TPSA) is 131 Å². The highest BCUT2D eigenvalue weighted by atomic mass is 32.2. The van der Waals surface area contributed by atoms with Crippen molar-refractivity contribution in [3.8, 4) is 0 Å². The summed E-state index contributed by atoms with van der Waals surface area (Å²) < 4.78 is 32.7. The smallest absolute Gasteiger partial charge is 0.261 e. The third-order valence-electron chi connectivity index (χ3n) is 5.38. The van der Waals surface area contributed by atoms with Gasteiger partial charge in [-0.15, -0.1) is 0 Å². The molecule has 2 aromatic rings. The van der Waals surface area contributed by atoms with Gasteiger partial charge in [-0.2, -0.15) is 0 Å². The Bertz CT molecular complexity index is 1130. The molecule has 34 heavy (non-hydrogen) atoms. The lowest BCUT2D eigenvalue weighted by molar-refractivity contribution is -0.127. The van der Waals surface area contributed by atoms with Crippen LogP contribution in [0.15, 0.2) is 59.5 Å². The molecule has 2 aromatic carbocycles. The second-order valence-corrected chi connectivity index (χ2v) is 10.3. The minimum absolute atomic E-state index is 0.0479. The van der Waals surface area contributed by atoms with Gasteiger partial charge in [-0.05, 0) is 55.7 Å². The monoisotopic (exact) mass is 487 g/mol. The fourth-order valence-corrected chi connectivity index (χ4v) is 4.64. The summed E-state index contributed by atoms with van der Waals surface area (Å²) in [5.74, 6) is -1.03. The number of benzene rings is 2. The highest BCUT2D eigenvalue weighted by Crippen LogP contribution is 2.17. The van der Waals surface area contributed by atoms with Gasteiger partial charge in [0.1, 0.15) is 18.7 Å². The molecule has 1 saturated heterocycles. The number of carbonyl (C=O) groups is 3. The first kappa shape index (κ1) is 25.4. The molecule has 0 radical (unpaired) electrons. The van der Waals surface area contributed by atoms with Crippen molar-refractivity contribution in [2.24, 2.45) is 5.92 Å². The van der Waals surface area contributed by atoms with E-state index in [0.29, 0.717) is 12.1 Å². The van der Waals surface area contributed by atoms with Crippen molar-refractivity contribution in [3.63, 3.8) is 0 Å². The van der Waals surface area contributed by atoms with Gasteiger partial charge < -0.3 is 15.4 Å². The van der Waals surface area contributed by atoms with Crippen molar-refractivity contribution >= 4 is 33.3 Å². The number of anilines is 1. The molecule has 10 heteroatoms. The van der Waals surface area contributed by atoms with Crippen LogP contribution < -0.4 is 15.4 Å². The van der Waals surface area contributed by atoms with Gasteiger partial charge in [0, 0.05) is 11.3 Å². The van der Waals surface area contributed by atoms with Crippen molar-refractivity contribution in [2.75, 3.05) is 11.3 Å². The van der Waals surface area contributed by atoms with E-state index in [9.17, 15) is 22.8 Å². The van der Waals surface area contributed by atoms with Gasteiger partial charge in [-0.1, -0.05) is 32.0 Å². The fraction of sp³-hybridized carbons (Fsp3) is 0.375. The Labute approximate surface area is 199 Å². The molecule has 3 rings (SSSR count). The lowest BCUT2D eigenvalue weighted by Crippen LogP contribution is -2.53. The number of hydrogen-bond donors (Lipinski definition) is 3. The fourth-order valence-electron chi connectivity index (χ4n) is 3.56. The molecule has 2 amide bonds. The highest BCUT2D eigenvalue weighted by molar-refractivity contribution is 7.92. The lowest BCUT2D eigenvalue weighted by Gasteiger charge is -2.23. The van der Waals surface area contributed by atoms with Gasteiger partial charge in [0.25, 0.3) is 15.9 Å². The number of sulfonamides is 1. The van der Waals surface area contributed by atoms with Crippen LogP contribution in [0.4, 0.5) is 5.69 Å². The molecule has 1 heterocycles. The maximum Gasteiger partial charge on any atom is 0.261 e. The number of ether oxygens (including phenoxy) is 1. The van der Waals surface area contributed by atoms with E-state index in [-0.39, 0.29) is 28.8 Å². The number of ketones is 1. The molecule has 0 bridgehead atoms. The van der Waals surface area contributed by atoms with Crippen molar-refractivity contribution in [2.45, 2.75) is 50.3 Å². The van der Waals surface area contributed by atoms with E-state index in [1.165, 1.54) is 36.4 Å². The molecule has 182 valence electrons. The summed E-state index contributed by atoms with van der Waals surface area (Å²) in [6.07, 6.45) is -0.0538. The molecule has 9 nitrogen and oxygen atoms in total. The Morgan fingerprint density at radius 2 is 1.71 bits per heavy atom. The molecule has 0 aromatic heterocycles. The summed E-state index contributed by atoms with van der Waals surface area (Å²) >= 11 is 0. The lowest BCUT2D eigenvalue weighted by atomic mass is 10.0. The van der Waals surface area contributed by atoms with Crippen molar-refractivity contribution < 1.29 is 27.5 Å². The summed E-state index contributed by atoms with van der Waals surface area (Å²) in [6, 6.07) is 12.2. The summed E-state index contributed by atoms with van der Waals surface area (Å²) in [4.78, 5) is 37.7. The first-order valence-corrected chi connectivity index (χ1v) is 12.5. The second-order valence-electron chi connectivity index (χ2n) is 8.62. The van der Waals surface area contributed by atoms with Crippen LogP contribution in [-0.4, -0.2) is 50.8 Å². The highest BCUT2D eigenvalue weighted by Gasteiger charge is 2.35. The van der Waals surface area contributed by atoms with Crippen LogP contribution in [0.2, 0.25) is 0 Å². The molecule has 3 N–H and O–H groups in total. The second kappa shape index (κ2) is 10.8. The first-order chi connectivity index (χ1) is 16.1. The van der Waals surface area contributed by atoms with Crippen LogP contribution in [0, 0.1) is 5.92 Å². The minimum atomic E-state index is -3.75. The van der Waals surface area contributed by atoms with Crippen LogP contribution in [-0.2, 0) is 24.3 Å².